The van der Waals surface area contributed by atoms with Crippen LogP contribution in [0.2, 0.25) is 0 Å². The standard InChI is InChI=1S/C13H9F3N4/c14-13(15,16)9-4-2-1-3-7(9)10-6-5-8-11(17)19-20-12(8)18-10/h1-6H,(H3,17,18,19,20). The summed E-state index contributed by atoms with van der Waals surface area (Å²) >= 11 is 0. The smallest absolute Gasteiger partial charge is 0.382 e. The number of nitrogen functional groups attached to an aromatic ring is 1. The first-order valence-corrected chi connectivity index (χ1v) is 5.74. The summed E-state index contributed by atoms with van der Waals surface area (Å²) in [5.74, 6) is 0.267. The highest BCUT2D eigenvalue weighted by atomic mass is 19.4. The van der Waals surface area contributed by atoms with Crippen LogP contribution in [0, 0.1) is 0 Å². The van der Waals surface area contributed by atoms with Gasteiger partial charge in [0, 0.05) is 5.56 Å². The van der Waals surface area contributed by atoms with Crippen molar-refractivity contribution >= 4 is 16.9 Å². The van der Waals surface area contributed by atoms with Crippen LogP contribution in [0.5, 0.6) is 0 Å². The van der Waals surface area contributed by atoms with E-state index < -0.39 is 11.7 Å². The van der Waals surface area contributed by atoms with Crippen LogP contribution in [0.3, 0.4) is 0 Å². The molecule has 0 amide bonds. The maximum atomic E-state index is 13.0. The van der Waals surface area contributed by atoms with Gasteiger partial charge in [-0.2, -0.15) is 18.3 Å². The van der Waals surface area contributed by atoms with E-state index in [2.05, 4.69) is 15.2 Å². The van der Waals surface area contributed by atoms with Crippen molar-refractivity contribution in [2.45, 2.75) is 6.18 Å². The van der Waals surface area contributed by atoms with Gasteiger partial charge in [0.05, 0.1) is 16.6 Å². The minimum absolute atomic E-state index is 0.0232. The highest BCUT2D eigenvalue weighted by Gasteiger charge is 2.33. The van der Waals surface area contributed by atoms with E-state index in [0.29, 0.717) is 11.0 Å². The van der Waals surface area contributed by atoms with Gasteiger partial charge in [-0.3, -0.25) is 5.10 Å². The molecular formula is C13H9F3N4. The van der Waals surface area contributed by atoms with Crippen molar-refractivity contribution in [3.05, 3.63) is 42.0 Å². The summed E-state index contributed by atoms with van der Waals surface area (Å²) in [7, 11) is 0. The molecule has 3 aromatic rings. The maximum absolute atomic E-state index is 13.0. The number of rotatable bonds is 1. The Morgan fingerprint density at radius 3 is 2.55 bits per heavy atom. The molecule has 102 valence electrons. The molecule has 0 unspecified atom stereocenters. The maximum Gasteiger partial charge on any atom is 0.417 e. The Bertz CT molecular complexity index is 777. The van der Waals surface area contributed by atoms with Gasteiger partial charge in [-0.05, 0) is 18.2 Å². The average Bonchev–Trinajstić information content (AvgIpc) is 2.79. The number of alkyl halides is 3. The number of fused-ring (bicyclic) bond motifs is 1. The number of hydrogen-bond acceptors (Lipinski definition) is 3. The molecule has 0 saturated heterocycles. The lowest BCUT2D eigenvalue weighted by Crippen LogP contribution is -2.07. The number of aromatic nitrogens is 3. The molecule has 3 N–H and O–H groups in total. The number of anilines is 1. The van der Waals surface area contributed by atoms with Crippen LogP contribution in [-0.2, 0) is 6.18 Å². The van der Waals surface area contributed by atoms with Crippen molar-refractivity contribution in [2.24, 2.45) is 0 Å². The quantitative estimate of drug-likeness (QED) is 0.718. The molecule has 3 rings (SSSR count). The molecule has 0 aliphatic carbocycles. The molecule has 7 heteroatoms. The number of nitrogens with two attached hydrogens (primary N) is 1. The summed E-state index contributed by atoms with van der Waals surface area (Å²) in [6.45, 7) is 0. The van der Waals surface area contributed by atoms with Crippen LogP contribution in [0.1, 0.15) is 5.56 Å². The van der Waals surface area contributed by atoms with E-state index in [1.165, 1.54) is 24.3 Å². The van der Waals surface area contributed by atoms with Gasteiger partial charge >= 0.3 is 6.18 Å². The molecule has 0 atom stereocenters. The first kappa shape index (κ1) is 12.5. The predicted octanol–water partition coefficient (Wildman–Crippen LogP) is 3.23. The number of pyridine rings is 1. The third kappa shape index (κ3) is 1.97. The number of nitrogens with zero attached hydrogens (tertiary/aromatic N) is 2. The summed E-state index contributed by atoms with van der Waals surface area (Å²) in [6, 6.07) is 8.40. The third-order valence-electron chi connectivity index (χ3n) is 2.96. The van der Waals surface area contributed by atoms with Crippen LogP contribution in [0.25, 0.3) is 22.3 Å². The molecule has 2 heterocycles. The van der Waals surface area contributed by atoms with Gasteiger partial charge in [-0.25, -0.2) is 4.98 Å². The molecule has 20 heavy (non-hydrogen) atoms. The second-order valence-electron chi connectivity index (χ2n) is 4.24. The van der Waals surface area contributed by atoms with Crippen molar-refractivity contribution in [2.75, 3.05) is 5.73 Å². The average molecular weight is 278 g/mol. The SMILES string of the molecule is Nc1n[nH]c2nc(-c3ccccc3C(F)(F)F)ccc12. The third-order valence-corrected chi connectivity index (χ3v) is 2.96. The molecule has 0 bridgehead atoms. The van der Waals surface area contributed by atoms with E-state index in [1.54, 1.807) is 6.07 Å². The monoisotopic (exact) mass is 278 g/mol. The first-order chi connectivity index (χ1) is 9.47. The molecule has 0 spiro atoms. The van der Waals surface area contributed by atoms with E-state index in [9.17, 15) is 13.2 Å². The van der Waals surface area contributed by atoms with Gasteiger partial charge in [0.15, 0.2) is 11.5 Å². The molecule has 0 radical (unpaired) electrons. The largest absolute Gasteiger partial charge is 0.417 e. The van der Waals surface area contributed by atoms with E-state index in [4.69, 9.17) is 5.73 Å². The fraction of sp³-hybridized carbons (Fsp3) is 0.0769. The first-order valence-electron chi connectivity index (χ1n) is 5.74. The van der Waals surface area contributed by atoms with Crippen LogP contribution in [0.15, 0.2) is 36.4 Å². The fourth-order valence-electron chi connectivity index (χ4n) is 2.03. The van der Waals surface area contributed by atoms with Crippen molar-refractivity contribution < 1.29 is 13.2 Å². The number of aromatic amines is 1. The van der Waals surface area contributed by atoms with Crippen molar-refractivity contribution in [3.8, 4) is 11.3 Å². The minimum atomic E-state index is -4.43. The van der Waals surface area contributed by atoms with Gasteiger partial charge in [-0.15, -0.1) is 0 Å². The Balaban J connectivity index is 2.21. The highest BCUT2D eigenvalue weighted by Crippen LogP contribution is 2.36. The zero-order valence-corrected chi connectivity index (χ0v) is 10.1. The van der Waals surface area contributed by atoms with Crippen LogP contribution >= 0.6 is 0 Å². The molecule has 0 fully saturated rings. The van der Waals surface area contributed by atoms with Crippen LogP contribution in [0.4, 0.5) is 19.0 Å². The summed E-state index contributed by atoms with van der Waals surface area (Å²) in [4.78, 5) is 4.14. The van der Waals surface area contributed by atoms with Gasteiger partial charge in [-0.1, -0.05) is 18.2 Å². The van der Waals surface area contributed by atoms with Crippen molar-refractivity contribution in [1.82, 2.24) is 15.2 Å². The number of H-pyrrole nitrogens is 1. The fourth-order valence-corrected chi connectivity index (χ4v) is 2.03. The molecule has 4 nitrogen and oxygen atoms in total. The van der Waals surface area contributed by atoms with Gasteiger partial charge in [0.1, 0.15) is 0 Å². The minimum Gasteiger partial charge on any atom is -0.382 e. The zero-order valence-electron chi connectivity index (χ0n) is 10.1. The van der Waals surface area contributed by atoms with E-state index in [0.717, 1.165) is 6.07 Å². The van der Waals surface area contributed by atoms with Crippen LogP contribution < -0.4 is 5.73 Å². The van der Waals surface area contributed by atoms with Crippen molar-refractivity contribution in [3.63, 3.8) is 0 Å². The molecule has 0 aliphatic heterocycles. The molecule has 1 aromatic carbocycles. The Kier molecular flexibility index (Phi) is 2.63. The van der Waals surface area contributed by atoms with Crippen molar-refractivity contribution in [1.29, 1.82) is 0 Å². The molecular weight excluding hydrogens is 269 g/mol. The Labute approximate surface area is 111 Å². The number of halogens is 3. The second kappa shape index (κ2) is 4.22. The number of benzene rings is 1. The molecule has 0 aliphatic rings. The zero-order chi connectivity index (χ0) is 14.3. The van der Waals surface area contributed by atoms with Gasteiger partial charge in [0.25, 0.3) is 0 Å². The second-order valence-corrected chi connectivity index (χ2v) is 4.24. The van der Waals surface area contributed by atoms with E-state index in [1.807, 2.05) is 0 Å². The number of nitrogens with one attached hydrogen (secondary N) is 1. The summed E-state index contributed by atoms with van der Waals surface area (Å²) in [5, 5.41) is 6.94. The van der Waals surface area contributed by atoms with Crippen LogP contribution in [-0.4, -0.2) is 15.2 Å². The lowest BCUT2D eigenvalue weighted by atomic mass is 10.0. The summed E-state index contributed by atoms with van der Waals surface area (Å²) in [6.07, 6.45) is -4.43. The summed E-state index contributed by atoms with van der Waals surface area (Å²) < 4.78 is 39.0. The number of hydrogen-bond donors (Lipinski definition) is 2. The normalized spacial score (nSPS) is 11.9. The Hall–Kier alpha value is -2.57. The lowest BCUT2D eigenvalue weighted by molar-refractivity contribution is -0.137. The predicted molar refractivity (Wildman–Crippen MR) is 68.7 cm³/mol. The molecule has 0 saturated carbocycles. The topological polar surface area (TPSA) is 67.6 Å². The van der Waals surface area contributed by atoms with Gasteiger partial charge in [0.2, 0.25) is 0 Å². The van der Waals surface area contributed by atoms with Gasteiger partial charge < -0.3 is 5.73 Å². The Morgan fingerprint density at radius 2 is 1.80 bits per heavy atom. The Morgan fingerprint density at radius 1 is 1.05 bits per heavy atom. The van der Waals surface area contributed by atoms with E-state index >= 15 is 0 Å². The summed E-state index contributed by atoms with van der Waals surface area (Å²) in [5.41, 5.74) is 5.48. The molecule has 2 aromatic heterocycles. The van der Waals surface area contributed by atoms with E-state index in [-0.39, 0.29) is 17.1 Å². The lowest BCUT2D eigenvalue weighted by Gasteiger charge is -2.11. The highest BCUT2D eigenvalue weighted by molar-refractivity contribution is 5.87.